The van der Waals surface area contributed by atoms with E-state index in [9.17, 15) is 9.59 Å². The minimum absolute atomic E-state index is 0.0909. The Balaban J connectivity index is 2.62. The lowest BCUT2D eigenvalue weighted by Gasteiger charge is -2.07. The van der Waals surface area contributed by atoms with Crippen LogP contribution in [0.3, 0.4) is 0 Å². The first kappa shape index (κ1) is 14.5. The number of hydrogen-bond donors (Lipinski definition) is 3. The van der Waals surface area contributed by atoms with Crippen LogP contribution >= 0.6 is 11.6 Å². The molecular weight excluding hydrogens is 256 g/mol. The summed E-state index contributed by atoms with van der Waals surface area (Å²) in [7, 11) is 1.82. The van der Waals surface area contributed by atoms with Crippen molar-refractivity contribution in [2.75, 3.05) is 18.9 Å². The van der Waals surface area contributed by atoms with Crippen molar-refractivity contribution in [3.05, 3.63) is 28.8 Å². The van der Waals surface area contributed by atoms with Gasteiger partial charge in [0.15, 0.2) is 0 Å². The molecule has 0 aromatic heterocycles. The first-order valence-corrected chi connectivity index (χ1v) is 5.89. The summed E-state index contributed by atoms with van der Waals surface area (Å²) in [6.45, 7) is 0.763. The van der Waals surface area contributed by atoms with E-state index in [1.54, 1.807) is 0 Å². The van der Waals surface area contributed by atoms with Crippen molar-refractivity contribution in [3.63, 3.8) is 0 Å². The van der Waals surface area contributed by atoms with Gasteiger partial charge in [-0.2, -0.15) is 0 Å². The summed E-state index contributed by atoms with van der Waals surface area (Å²) in [4.78, 5) is 22.3. The van der Waals surface area contributed by atoms with Gasteiger partial charge in [-0.15, -0.1) is 0 Å². The molecule has 1 aromatic rings. The van der Waals surface area contributed by atoms with E-state index in [0.717, 1.165) is 13.0 Å². The third kappa shape index (κ3) is 4.35. The Bertz CT molecular complexity index is 449. The summed E-state index contributed by atoms with van der Waals surface area (Å²) in [5.74, 6) is -1.20. The molecule has 0 heterocycles. The van der Waals surface area contributed by atoms with Crippen LogP contribution in [0.15, 0.2) is 18.2 Å². The predicted octanol–water partition coefficient (Wildman–Crippen LogP) is 1.98. The van der Waals surface area contributed by atoms with Gasteiger partial charge in [0.05, 0.1) is 16.3 Å². The summed E-state index contributed by atoms with van der Waals surface area (Å²) < 4.78 is 0. The van der Waals surface area contributed by atoms with Crippen LogP contribution in [0.2, 0.25) is 5.02 Å². The molecule has 0 spiro atoms. The number of aromatic carboxylic acids is 1. The highest BCUT2D eigenvalue weighted by Gasteiger charge is 2.09. The highest BCUT2D eigenvalue weighted by Crippen LogP contribution is 2.23. The van der Waals surface area contributed by atoms with Gasteiger partial charge in [0.2, 0.25) is 5.91 Å². The topological polar surface area (TPSA) is 78.4 Å². The molecule has 1 amide bonds. The van der Waals surface area contributed by atoms with Crippen LogP contribution < -0.4 is 10.6 Å². The third-order valence-corrected chi connectivity index (χ3v) is 2.63. The Hall–Kier alpha value is -1.59. The van der Waals surface area contributed by atoms with E-state index >= 15 is 0 Å². The SMILES string of the molecule is CNCCCC(=O)Nc1ccc(C(=O)O)cc1Cl. The zero-order valence-electron chi connectivity index (χ0n) is 10.00. The number of anilines is 1. The molecular formula is C12H15ClN2O3. The minimum Gasteiger partial charge on any atom is -0.478 e. The molecule has 0 unspecified atom stereocenters. The second kappa shape index (κ2) is 6.98. The van der Waals surface area contributed by atoms with Gasteiger partial charge in [-0.1, -0.05) is 11.6 Å². The van der Waals surface area contributed by atoms with Gasteiger partial charge in [0.1, 0.15) is 0 Å². The van der Waals surface area contributed by atoms with Crippen LogP contribution in [0.1, 0.15) is 23.2 Å². The number of nitrogens with one attached hydrogen (secondary N) is 2. The number of rotatable bonds is 6. The zero-order chi connectivity index (χ0) is 13.5. The fourth-order valence-electron chi connectivity index (χ4n) is 1.39. The minimum atomic E-state index is -1.05. The first-order valence-electron chi connectivity index (χ1n) is 5.52. The maximum absolute atomic E-state index is 11.5. The summed E-state index contributed by atoms with van der Waals surface area (Å²) in [6, 6.07) is 4.20. The van der Waals surface area contributed by atoms with E-state index in [0.29, 0.717) is 12.1 Å². The molecule has 0 aliphatic rings. The summed E-state index contributed by atoms with van der Waals surface area (Å²) in [6.07, 6.45) is 1.12. The standard InChI is InChI=1S/C12H15ClN2O3/c1-14-6-2-3-11(16)15-10-5-4-8(12(17)18)7-9(10)13/h4-5,7,14H,2-3,6H2,1H3,(H,15,16)(H,17,18). The molecule has 0 bridgehead atoms. The number of carboxylic acids is 1. The maximum Gasteiger partial charge on any atom is 0.335 e. The fourth-order valence-corrected chi connectivity index (χ4v) is 1.62. The molecule has 0 atom stereocenters. The summed E-state index contributed by atoms with van der Waals surface area (Å²) in [5.41, 5.74) is 0.518. The first-order chi connectivity index (χ1) is 8.54. The van der Waals surface area contributed by atoms with E-state index in [1.807, 2.05) is 7.05 Å². The zero-order valence-corrected chi connectivity index (χ0v) is 10.8. The van der Waals surface area contributed by atoms with Gasteiger partial charge in [-0.25, -0.2) is 4.79 Å². The molecule has 6 heteroatoms. The maximum atomic E-state index is 11.5. The fraction of sp³-hybridized carbons (Fsp3) is 0.333. The lowest BCUT2D eigenvalue weighted by Crippen LogP contribution is -2.15. The van der Waals surface area contributed by atoms with Crippen LogP contribution in [0, 0.1) is 0 Å². The van der Waals surface area contributed by atoms with Crippen molar-refractivity contribution in [1.82, 2.24) is 5.32 Å². The molecule has 0 aliphatic carbocycles. The average Bonchev–Trinajstić information content (AvgIpc) is 2.32. The van der Waals surface area contributed by atoms with Crippen molar-refractivity contribution in [3.8, 4) is 0 Å². The monoisotopic (exact) mass is 270 g/mol. The smallest absolute Gasteiger partial charge is 0.335 e. The quantitative estimate of drug-likeness (QED) is 0.691. The highest BCUT2D eigenvalue weighted by molar-refractivity contribution is 6.34. The van der Waals surface area contributed by atoms with Crippen LogP contribution in [0.25, 0.3) is 0 Å². The van der Waals surface area contributed by atoms with E-state index in [4.69, 9.17) is 16.7 Å². The summed E-state index contributed by atoms with van der Waals surface area (Å²) >= 11 is 5.89. The van der Waals surface area contributed by atoms with Crippen molar-refractivity contribution >= 4 is 29.2 Å². The third-order valence-electron chi connectivity index (χ3n) is 2.32. The Kier molecular flexibility index (Phi) is 5.61. The van der Waals surface area contributed by atoms with Gasteiger partial charge in [0.25, 0.3) is 0 Å². The van der Waals surface area contributed by atoms with E-state index in [-0.39, 0.29) is 16.5 Å². The van der Waals surface area contributed by atoms with Gasteiger partial charge in [-0.05, 0) is 38.2 Å². The summed E-state index contributed by atoms with van der Waals surface area (Å²) in [5, 5.41) is 14.6. The number of amides is 1. The number of benzene rings is 1. The highest BCUT2D eigenvalue weighted by atomic mass is 35.5. The van der Waals surface area contributed by atoms with Crippen molar-refractivity contribution in [1.29, 1.82) is 0 Å². The normalized spacial score (nSPS) is 10.1. The average molecular weight is 271 g/mol. The molecule has 1 aromatic carbocycles. The second-order valence-corrected chi connectivity index (χ2v) is 4.16. The molecule has 18 heavy (non-hydrogen) atoms. The molecule has 5 nitrogen and oxygen atoms in total. The second-order valence-electron chi connectivity index (χ2n) is 3.76. The van der Waals surface area contributed by atoms with Gasteiger partial charge >= 0.3 is 5.97 Å². The molecule has 0 saturated heterocycles. The Morgan fingerprint density at radius 2 is 2.11 bits per heavy atom. The van der Waals surface area contributed by atoms with Crippen molar-refractivity contribution < 1.29 is 14.7 Å². The molecule has 1 rings (SSSR count). The number of carbonyl (C=O) groups excluding carboxylic acids is 1. The largest absolute Gasteiger partial charge is 0.478 e. The van der Waals surface area contributed by atoms with Crippen LogP contribution in [-0.4, -0.2) is 30.6 Å². The van der Waals surface area contributed by atoms with Crippen LogP contribution in [-0.2, 0) is 4.79 Å². The molecule has 0 radical (unpaired) electrons. The molecule has 0 saturated carbocycles. The van der Waals surface area contributed by atoms with Gasteiger partial charge < -0.3 is 15.7 Å². The molecule has 98 valence electrons. The number of halogens is 1. The van der Waals surface area contributed by atoms with E-state index in [1.165, 1.54) is 18.2 Å². The molecule has 0 aliphatic heterocycles. The number of hydrogen-bond acceptors (Lipinski definition) is 3. The molecule has 3 N–H and O–H groups in total. The lowest BCUT2D eigenvalue weighted by atomic mass is 10.2. The Labute approximate surface area is 110 Å². The van der Waals surface area contributed by atoms with E-state index < -0.39 is 5.97 Å². The van der Waals surface area contributed by atoms with Crippen molar-refractivity contribution in [2.45, 2.75) is 12.8 Å². The van der Waals surface area contributed by atoms with Gasteiger partial charge in [-0.3, -0.25) is 4.79 Å². The Morgan fingerprint density at radius 1 is 1.39 bits per heavy atom. The van der Waals surface area contributed by atoms with Crippen LogP contribution in [0.4, 0.5) is 5.69 Å². The Morgan fingerprint density at radius 3 is 2.67 bits per heavy atom. The van der Waals surface area contributed by atoms with Gasteiger partial charge in [0, 0.05) is 6.42 Å². The predicted molar refractivity (Wildman–Crippen MR) is 70.2 cm³/mol. The van der Waals surface area contributed by atoms with Crippen molar-refractivity contribution in [2.24, 2.45) is 0 Å². The number of carbonyl (C=O) groups is 2. The number of carboxylic acid groups (broad SMARTS) is 1. The van der Waals surface area contributed by atoms with Crippen LogP contribution in [0.5, 0.6) is 0 Å². The lowest BCUT2D eigenvalue weighted by molar-refractivity contribution is -0.116. The van der Waals surface area contributed by atoms with E-state index in [2.05, 4.69) is 10.6 Å². The molecule has 0 fully saturated rings.